The molecule has 0 spiro atoms. The minimum Gasteiger partial charge on any atom is -0.439 e. The van der Waals surface area contributed by atoms with Gasteiger partial charge in [0.1, 0.15) is 29.5 Å². The predicted molar refractivity (Wildman–Crippen MR) is 74.8 cm³/mol. The maximum absolute atomic E-state index is 8.89. The molecule has 0 amide bonds. The summed E-state index contributed by atoms with van der Waals surface area (Å²) in [6, 6.07) is 12.8. The molecule has 102 valence electrons. The molecule has 0 aliphatic heterocycles. The lowest BCUT2D eigenvalue weighted by atomic mass is 10.3. The predicted octanol–water partition coefficient (Wildman–Crippen LogP) is 1.91. The number of nitrogen functional groups attached to an aromatic ring is 1. The quantitative estimate of drug-likeness (QED) is 0.785. The zero-order valence-electron chi connectivity index (χ0n) is 10.8. The van der Waals surface area contributed by atoms with Crippen molar-refractivity contribution in [2.45, 2.75) is 0 Å². The van der Waals surface area contributed by atoms with Crippen LogP contribution < -0.4 is 10.5 Å². The minimum atomic E-state index is 0.224. The molecule has 0 saturated carbocycles. The molecule has 0 aliphatic rings. The smallest absolute Gasteiger partial charge is 0.224 e. The van der Waals surface area contributed by atoms with E-state index < -0.39 is 0 Å². The third-order valence-electron chi connectivity index (χ3n) is 2.74. The SMILES string of the molecule is N#Cc1cnn(-c2cc(Oc3ccccc3)ncn2)c1N. The fourth-order valence-electron chi connectivity index (χ4n) is 1.74. The van der Waals surface area contributed by atoms with Gasteiger partial charge in [-0.1, -0.05) is 18.2 Å². The summed E-state index contributed by atoms with van der Waals surface area (Å²) in [6.45, 7) is 0. The number of anilines is 1. The molecule has 0 atom stereocenters. The van der Waals surface area contributed by atoms with Crippen LogP contribution in [0, 0.1) is 11.3 Å². The summed E-state index contributed by atoms with van der Waals surface area (Å²) in [5, 5.41) is 12.9. The number of nitrogens with zero attached hydrogens (tertiary/aromatic N) is 5. The van der Waals surface area contributed by atoms with E-state index in [0.717, 1.165) is 0 Å². The number of hydrogen-bond acceptors (Lipinski definition) is 6. The maximum atomic E-state index is 8.89. The molecule has 0 unspecified atom stereocenters. The average molecular weight is 278 g/mol. The number of aromatic nitrogens is 4. The number of nitrogens with two attached hydrogens (primary N) is 1. The van der Waals surface area contributed by atoms with Crippen molar-refractivity contribution in [1.29, 1.82) is 5.26 Å². The van der Waals surface area contributed by atoms with Crippen LogP contribution in [0.3, 0.4) is 0 Å². The first kappa shape index (κ1) is 12.6. The van der Waals surface area contributed by atoms with Gasteiger partial charge in [0.15, 0.2) is 5.82 Å². The van der Waals surface area contributed by atoms with Gasteiger partial charge in [0, 0.05) is 6.07 Å². The molecule has 21 heavy (non-hydrogen) atoms. The lowest BCUT2D eigenvalue weighted by molar-refractivity contribution is 0.460. The third-order valence-corrected chi connectivity index (χ3v) is 2.74. The van der Waals surface area contributed by atoms with E-state index in [9.17, 15) is 0 Å². The van der Waals surface area contributed by atoms with Crippen LogP contribution in [-0.4, -0.2) is 19.7 Å². The van der Waals surface area contributed by atoms with Crippen molar-refractivity contribution >= 4 is 5.82 Å². The van der Waals surface area contributed by atoms with Crippen molar-refractivity contribution < 1.29 is 4.74 Å². The summed E-state index contributed by atoms with van der Waals surface area (Å²) in [5.74, 6) is 1.67. The molecule has 3 rings (SSSR count). The van der Waals surface area contributed by atoms with E-state index in [0.29, 0.717) is 23.0 Å². The van der Waals surface area contributed by atoms with E-state index in [4.69, 9.17) is 15.7 Å². The van der Waals surface area contributed by atoms with Crippen LogP contribution in [0.1, 0.15) is 5.56 Å². The Kier molecular flexibility index (Phi) is 3.19. The van der Waals surface area contributed by atoms with Crippen LogP contribution >= 0.6 is 0 Å². The van der Waals surface area contributed by atoms with E-state index >= 15 is 0 Å². The standard InChI is InChI=1S/C14H10N6O/c15-7-10-8-19-20(14(10)16)12-6-13(18-9-17-12)21-11-4-2-1-3-5-11/h1-6,8-9H,16H2. The highest BCUT2D eigenvalue weighted by atomic mass is 16.5. The molecule has 1 aromatic carbocycles. The Morgan fingerprint density at radius 1 is 1.19 bits per heavy atom. The highest BCUT2D eigenvalue weighted by molar-refractivity contribution is 5.51. The number of hydrogen-bond donors (Lipinski definition) is 1. The topological polar surface area (TPSA) is 103 Å². The van der Waals surface area contributed by atoms with Gasteiger partial charge in [-0.25, -0.2) is 9.97 Å². The molecule has 2 heterocycles. The third kappa shape index (κ3) is 2.50. The molecular formula is C14H10N6O. The molecule has 0 aliphatic carbocycles. The van der Waals surface area contributed by atoms with Gasteiger partial charge in [0.05, 0.1) is 6.20 Å². The fraction of sp³-hybridized carbons (Fsp3) is 0. The normalized spacial score (nSPS) is 10.0. The van der Waals surface area contributed by atoms with Gasteiger partial charge < -0.3 is 10.5 Å². The summed E-state index contributed by atoms with van der Waals surface area (Å²) >= 11 is 0. The van der Waals surface area contributed by atoms with Gasteiger partial charge in [-0.3, -0.25) is 0 Å². The largest absolute Gasteiger partial charge is 0.439 e. The Bertz CT molecular complexity index is 806. The van der Waals surface area contributed by atoms with Gasteiger partial charge in [-0.2, -0.15) is 15.0 Å². The van der Waals surface area contributed by atoms with Gasteiger partial charge in [0.2, 0.25) is 5.88 Å². The number of benzene rings is 1. The molecule has 2 aromatic heterocycles. The van der Waals surface area contributed by atoms with Crippen molar-refractivity contribution in [3.05, 3.63) is 54.5 Å². The first-order valence-electron chi connectivity index (χ1n) is 6.07. The lowest BCUT2D eigenvalue weighted by Gasteiger charge is -2.06. The maximum Gasteiger partial charge on any atom is 0.224 e. The molecule has 7 nitrogen and oxygen atoms in total. The Morgan fingerprint density at radius 2 is 2.00 bits per heavy atom. The van der Waals surface area contributed by atoms with Crippen molar-refractivity contribution in [3.63, 3.8) is 0 Å². The Hall–Kier alpha value is -3.40. The van der Waals surface area contributed by atoms with Crippen LogP contribution in [0.5, 0.6) is 11.6 Å². The Morgan fingerprint density at radius 3 is 2.71 bits per heavy atom. The number of nitriles is 1. The van der Waals surface area contributed by atoms with Gasteiger partial charge in [0.25, 0.3) is 0 Å². The van der Waals surface area contributed by atoms with E-state index in [1.54, 1.807) is 6.07 Å². The van der Waals surface area contributed by atoms with Crippen LogP contribution in [-0.2, 0) is 0 Å². The molecule has 0 fully saturated rings. The number of para-hydroxylation sites is 1. The summed E-state index contributed by atoms with van der Waals surface area (Å²) in [4.78, 5) is 8.12. The van der Waals surface area contributed by atoms with Crippen molar-refractivity contribution in [1.82, 2.24) is 19.7 Å². The second kappa shape index (κ2) is 5.30. The number of rotatable bonds is 3. The monoisotopic (exact) mass is 278 g/mol. The van der Waals surface area contributed by atoms with E-state index in [-0.39, 0.29) is 5.82 Å². The summed E-state index contributed by atoms with van der Waals surface area (Å²) in [6.07, 6.45) is 2.73. The highest BCUT2D eigenvalue weighted by Gasteiger charge is 2.11. The van der Waals surface area contributed by atoms with E-state index in [1.165, 1.54) is 17.2 Å². The van der Waals surface area contributed by atoms with Crippen LogP contribution in [0.25, 0.3) is 5.82 Å². The van der Waals surface area contributed by atoms with Gasteiger partial charge >= 0.3 is 0 Å². The second-order valence-corrected chi connectivity index (χ2v) is 4.10. The molecule has 3 aromatic rings. The fourth-order valence-corrected chi connectivity index (χ4v) is 1.74. The second-order valence-electron chi connectivity index (χ2n) is 4.10. The summed E-state index contributed by atoms with van der Waals surface area (Å²) in [7, 11) is 0. The molecule has 0 saturated heterocycles. The van der Waals surface area contributed by atoms with Crippen molar-refractivity contribution in [2.24, 2.45) is 0 Å². The van der Waals surface area contributed by atoms with Gasteiger partial charge in [-0.05, 0) is 12.1 Å². The summed E-state index contributed by atoms with van der Waals surface area (Å²) in [5.41, 5.74) is 6.12. The minimum absolute atomic E-state index is 0.224. The van der Waals surface area contributed by atoms with E-state index in [2.05, 4.69) is 15.1 Å². The van der Waals surface area contributed by atoms with Gasteiger partial charge in [-0.15, -0.1) is 0 Å². The molecule has 0 bridgehead atoms. The zero-order valence-corrected chi connectivity index (χ0v) is 10.8. The van der Waals surface area contributed by atoms with E-state index in [1.807, 2.05) is 36.4 Å². The number of ether oxygens (including phenoxy) is 1. The Balaban J connectivity index is 1.93. The van der Waals surface area contributed by atoms with Crippen molar-refractivity contribution in [2.75, 3.05) is 5.73 Å². The molecule has 0 radical (unpaired) electrons. The van der Waals surface area contributed by atoms with Crippen LogP contribution in [0.2, 0.25) is 0 Å². The lowest BCUT2D eigenvalue weighted by Crippen LogP contribution is -2.05. The summed E-state index contributed by atoms with van der Waals surface area (Å²) < 4.78 is 6.97. The molecular weight excluding hydrogens is 268 g/mol. The van der Waals surface area contributed by atoms with Crippen molar-refractivity contribution in [3.8, 4) is 23.5 Å². The molecule has 2 N–H and O–H groups in total. The highest BCUT2D eigenvalue weighted by Crippen LogP contribution is 2.21. The Labute approximate surface area is 120 Å². The average Bonchev–Trinajstić information content (AvgIpc) is 2.89. The van der Waals surface area contributed by atoms with Crippen LogP contribution in [0.4, 0.5) is 5.82 Å². The first-order valence-corrected chi connectivity index (χ1v) is 6.07. The first-order chi connectivity index (χ1) is 10.3. The van der Waals surface area contributed by atoms with Crippen LogP contribution in [0.15, 0.2) is 48.9 Å². The zero-order chi connectivity index (χ0) is 14.7. The molecule has 7 heteroatoms.